The lowest BCUT2D eigenvalue weighted by molar-refractivity contribution is -0.177. The van der Waals surface area contributed by atoms with Crippen LogP contribution >= 0.6 is 0 Å². The Morgan fingerprint density at radius 2 is 1.79 bits per heavy atom. The molecule has 0 bridgehead atoms. The Balaban J connectivity index is 1.50. The third kappa shape index (κ3) is 8.52. The fraction of sp³-hybridized carbons (Fsp3) is 0.618. The summed E-state index contributed by atoms with van der Waals surface area (Å²) in [6, 6.07) is 3.67. The number of hydrogen-bond acceptors (Lipinski definition) is 9. The van der Waals surface area contributed by atoms with Crippen LogP contribution in [-0.4, -0.2) is 84.5 Å². The number of amides is 3. The second-order valence-corrected chi connectivity index (χ2v) is 14.5. The van der Waals surface area contributed by atoms with Gasteiger partial charge in [-0.3, -0.25) is 19.1 Å². The number of esters is 1. The molecule has 52 heavy (non-hydrogen) atoms. The van der Waals surface area contributed by atoms with E-state index in [1.807, 2.05) is 6.92 Å². The lowest BCUT2D eigenvalue weighted by atomic mass is 9.70. The van der Waals surface area contributed by atoms with E-state index in [4.69, 9.17) is 9.47 Å². The molecule has 0 spiro atoms. The molecule has 1 saturated heterocycles. The van der Waals surface area contributed by atoms with Gasteiger partial charge >= 0.3 is 18.2 Å². The van der Waals surface area contributed by atoms with Crippen molar-refractivity contribution in [1.82, 2.24) is 34.6 Å². The summed E-state index contributed by atoms with van der Waals surface area (Å²) >= 11 is 0. The van der Waals surface area contributed by atoms with E-state index in [0.29, 0.717) is 17.1 Å². The summed E-state index contributed by atoms with van der Waals surface area (Å²) in [6.45, 7) is 6.18. The first kappa shape index (κ1) is 38.6. The Kier molecular flexibility index (Phi) is 10.7. The van der Waals surface area contributed by atoms with Gasteiger partial charge in [0.2, 0.25) is 11.8 Å². The highest BCUT2D eigenvalue weighted by atomic mass is 19.4. The molecule has 3 amide bonds. The molecular weight excluding hydrogens is 697 g/mol. The maximum absolute atomic E-state index is 14.1. The highest BCUT2D eigenvalue weighted by Crippen LogP contribution is 2.44. The molecular formula is C34H42F5N7O6. The zero-order valence-corrected chi connectivity index (χ0v) is 29.5. The molecule has 2 fully saturated rings. The van der Waals surface area contributed by atoms with Gasteiger partial charge in [-0.25, -0.2) is 28.0 Å². The summed E-state index contributed by atoms with van der Waals surface area (Å²) in [6.07, 6.45) is -5.93. The minimum atomic E-state index is -4.67. The quantitative estimate of drug-likeness (QED) is 0.166. The van der Waals surface area contributed by atoms with Crippen LogP contribution in [0, 0.1) is 17.3 Å². The molecule has 3 atom stereocenters. The van der Waals surface area contributed by atoms with Crippen molar-refractivity contribution in [3.63, 3.8) is 0 Å². The van der Waals surface area contributed by atoms with Crippen LogP contribution in [0.25, 0.3) is 5.65 Å². The molecule has 3 aromatic rings. The van der Waals surface area contributed by atoms with E-state index in [9.17, 15) is 41.1 Å². The van der Waals surface area contributed by atoms with Gasteiger partial charge in [0.15, 0.2) is 11.1 Å². The number of piperidine rings is 1. The SMILES string of the molecule is CCn1nccc1C(=O)N[C@H](c1cn2nc(CC3(C(=O)OC)CC(CC(F)(F)F)CN(C(=O)OC(C)(C)C)C3=O)ccc2n1)C1CCC(F)(F)CC1. The van der Waals surface area contributed by atoms with E-state index >= 15 is 0 Å². The number of likely N-dealkylation sites (tertiary alicyclic amines) is 1. The number of hydrogen-bond donors (Lipinski definition) is 1. The van der Waals surface area contributed by atoms with Gasteiger partial charge in [0.25, 0.3) is 5.91 Å². The zero-order valence-electron chi connectivity index (χ0n) is 29.5. The van der Waals surface area contributed by atoms with Crippen molar-refractivity contribution in [2.45, 2.75) is 103 Å². The maximum atomic E-state index is 14.1. The molecule has 13 nitrogen and oxygen atoms in total. The average Bonchev–Trinajstić information content (AvgIpc) is 3.70. The topological polar surface area (TPSA) is 150 Å². The smallest absolute Gasteiger partial charge is 0.417 e. The van der Waals surface area contributed by atoms with Crippen LogP contribution in [0.15, 0.2) is 30.6 Å². The number of nitrogens with zero attached hydrogens (tertiary/aromatic N) is 6. The van der Waals surface area contributed by atoms with E-state index in [1.54, 1.807) is 0 Å². The molecule has 3 aromatic heterocycles. The van der Waals surface area contributed by atoms with Crippen LogP contribution in [0.3, 0.4) is 0 Å². The van der Waals surface area contributed by atoms with E-state index in [2.05, 4.69) is 20.5 Å². The van der Waals surface area contributed by atoms with Gasteiger partial charge in [-0.15, -0.1) is 0 Å². The largest absolute Gasteiger partial charge is 0.468 e. The van der Waals surface area contributed by atoms with Crippen LogP contribution in [-0.2, 0) is 32.0 Å². The van der Waals surface area contributed by atoms with Gasteiger partial charge in [0.05, 0.1) is 30.7 Å². The van der Waals surface area contributed by atoms with Crippen LogP contribution in [0.4, 0.5) is 26.7 Å². The predicted octanol–water partition coefficient (Wildman–Crippen LogP) is 5.68. The van der Waals surface area contributed by atoms with E-state index in [-0.39, 0.29) is 42.7 Å². The molecule has 2 unspecified atom stereocenters. The summed E-state index contributed by atoms with van der Waals surface area (Å²) in [5.41, 5.74) is -2.43. The Morgan fingerprint density at radius 1 is 1.10 bits per heavy atom. The van der Waals surface area contributed by atoms with Crippen LogP contribution in [0.1, 0.15) is 94.1 Å². The number of imidazole rings is 1. The summed E-state index contributed by atoms with van der Waals surface area (Å²) in [7, 11) is 0.990. The fourth-order valence-corrected chi connectivity index (χ4v) is 7.08. The summed E-state index contributed by atoms with van der Waals surface area (Å²) in [5.74, 6) is -7.29. The summed E-state index contributed by atoms with van der Waals surface area (Å²) in [4.78, 5) is 59.1. The second kappa shape index (κ2) is 14.4. The molecule has 18 heteroatoms. The van der Waals surface area contributed by atoms with Gasteiger partial charge in [-0.05, 0) is 77.0 Å². The van der Waals surface area contributed by atoms with Gasteiger partial charge < -0.3 is 14.8 Å². The van der Waals surface area contributed by atoms with Crippen LogP contribution < -0.4 is 5.32 Å². The summed E-state index contributed by atoms with van der Waals surface area (Å²) < 4.78 is 82.4. The third-order valence-electron chi connectivity index (χ3n) is 9.41. The normalized spacial score (nSPS) is 21.9. The van der Waals surface area contributed by atoms with Crippen molar-refractivity contribution >= 4 is 29.5 Å². The number of methoxy groups -OCH3 is 1. The van der Waals surface area contributed by atoms with Gasteiger partial charge in [-0.1, -0.05) is 0 Å². The first-order valence-electron chi connectivity index (χ1n) is 17.0. The molecule has 284 valence electrons. The number of carbonyl (C=O) groups is 4. The number of alkyl halides is 5. The van der Waals surface area contributed by atoms with E-state index < -0.39 is 90.7 Å². The van der Waals surface area contributed by atoms with Crippen molar-refractivity contribution in [3.8, 4) is 0 Å². The Labute approximate surface area is 296 Å². The number of carbonyl (C=O) groups excluding carboxylic acids is 4. The highest BCUT2D eigenvalue weighted by Gasteiger charge is 2.57. The molecule has 4 heterocycles. The number of imide groups is 1. The van der Waals surface area contributed by atoms with Gasteiger partial charge in [0.1, 0.15) is 11.3 Å². The molecule has 1 aliphatic carbocycles. The molecule has 1 aliphatic heterocycles. The van der Waals surface area contributed by atoms with Gasteiger partial charge in [-0.2, -0.15) is 23.4 Å². The zero-order chi connectivity index (χ0) is 38.2. The van der Waals surface area contributed by atoms with Crippen LogP contribution in [0.5, 0.6) is 0 Å². The molecule has 1 saturated carbocycles. The number of ether oxygens (including phenoxy) is 2. The van der Waals surface area contributed by atoms with Crippen molar-refractivity contribution in [3.05, 3.63) is 47.7 Å². The Hall–Kier alpha value is -4.64. The molecule has 0 radical (unpaired) electrons. The number of aryl methyl sites for hydroxylation is 1. The second-order valence-electron chi connectivity index (χ2n) is 14.5. The number of halogens is 5. The van der Waals surface area contributed by atoms with E-state index in [0.717, 1.165) is 7.11 Å². The minimum absolute atomic E-state index is 0.0803. The molecule has 5 rings (SSSR count). The van der Waals surface area contributed by atoms with Crippen molar-refractivity contribution in [2.75, 3.05) is 13.7 Å². The predicted molar refractivity (Wildman–Crippen MR) is 173 cm³/mol. The lowest BCUT2D eigenvalue weighted by Gasteiger charge is -2.42. The third-order valence-corrected chi connectivity index (χ3v) is 9.41. The molecule has 1 N–H and O–H groups in total. The fourth-order valence-electron chi connectivity index (χ4n) is 7.08. The molecule has 0 aromatic carbocycles. The lowest BCUT2D eigenvalue weighted by Crippen LogP contribution is -2.59. The number of fused-ring (bicyclic) bond motifs is 1. The van der Waals surface area contributed by atoms with Gasteiger partial charge in [0, 0.05) is 45.0 Å². The van der Waals surface area contributed by atoms with Crippen molar-refractivity contribution < 1.29 is 50.6 Å². The molecule has 2 aliphatic rings. The maximum Gasteiger partial charge on any atom is 0.417 e. The van der Waals surface area contributed by atoms with Crippen LogP contribution in [0.2, 0.25) is 0 Å². The number of rotatable bonds is 9. The Morgan fingerprint density at radius 3 is 2.40 bits per heavy atom. The Bertz CT molecular complexity index is 1810. The summed E-state index contributed by atoms with van der Waals surface area (Å²) in [5, 5.41) is 11.6. The standard InChI is InChI=1S/C34H42F5N7O6/c1-6-45-24(11-14-40-45)27(47)42-26(21-9-12-33(35,36)13-10-21)23-19-46-25(41-23)8-7-22(43-46)17-32(29(49)51-5)15-20(16-34(37,38)39)18-44(28(32)48)30(50)52-31(2,3)4/h7-8,11,14,19-21,26H,6,9-10,12-13,15-18H2,1-5H3,(H,42,47)/t20?,26-,32?/m0/s1. The number of nitrogens with one attached hydrogen (secondary N) is 1. The average molecular weight is 740 g/mol. The number of aromatic nitrogens is 5. The monoisotopic (exact) mass is 739 g/mol. The minimum Gasteiger partial charge on any atom is -0.468 e. The highest BCUT2D eigenvalue weighted by molar-refractivity contribution is 6.08. The van der Waals surface area contributed by atoms with Crippen molar-refractivity contribution in [2.24, 2.45) is 17.3 Å². The first-order chi connectivity index (χ1) is 24.2. The first-order valence-corrected chi connectivity index (χ1v) is 17.0. The van der Waals surface area contributed by atoms with Crippen molar-refractivity contribution in [1.29, 1.82) is 0 Å². The van der Waals surface area contributed by atoms with E-state index in [1.165, 1.54) is 60.6 Å².